The van der Waals surface area contributed by atoms with Crippen LogP contribution in [0.4, 0.5) is 5.13 Å². The SMILES string of the molecule is CCc1c(C(=O)Nc2nc(-c3ccco3)cs2)cnn1Cc1ccccc1. The first-order valence-corrected chi connectivity index (χ1v) is 9.52. The Morgan fingerprint density at radius 3 is 2.81 bits per heavy atom. The molecule has 0 spiro atoms. The fourth-order valence-electron chi connectivity index (χ4n) is 2.90. The molecule has 3 heterocycles. The molecule has 27 heavy (non-hydrogen) atoms. The van der Waals surface area contributed by atoms with Crippen LogP contribution in [-0.4, -0.2) is 20.7 Å². The van der Waals surface area contributed by atoms with Gasteiger partial charge in [-0.15, -0.1) is 11.3 Å². The normalized spacial score (nSPS) is 10.9. The van der Waals surface area contributed by atoms with E-state index in [1.54, 1.807) is 12.5 Å². The average Bonchev–Trinajstić information content (AvgIpc) is 3.43. The molecule has 0 saturated carbocycles. The van der Waals surface area contributed by atoms with Gasteiger partial charge in [-0.3, -0.25) is 14.8 Å². The Labute approximate surface area is 160 Å². The Morgan fingerprint density at radius 2 is 2.07 bits per heavy atom. The number of carbonyl (C=O) groups is 1. The first-order chi connectivity index (χ1) is 13.2. The number of nitrogens with one attached hydrogen (secondary N) is 1. The number of hydrogen-bond donors (Lipinski definition) is 1. The molecule has 4 rings (SSSR count). The van der Waals surface area contributed by atoms with Gasteiger partial charge in [-0.05, 0) is 24.1 Å². The number of amides is 1. The third-order valence-electron chi connectivity index (χ3n) is 4.20. The van der Waals surface area contributed by atoms with Crippen molar-refractivity contribution in [2.24, 2.45) is 0 Å². The van der Waals surface area contributed by atoms with E-state index in [1.807, 2.05) is 59.5 Å². The topological polar surface area (TPSA) is 73.0 Å². The van der Waals surface area contributed by atoms with Gasteiger partial charge in [0.1, 0.15) is 5.69 Å². The van der Waals surface area contributed by atoms with Crippen LogP contribution >= 0.6 is 11.3 Å². The second-order valence-corrected chi connectivity index (χ2v) is 6.83. The molecule has 1 aromatic carbocycles. The van der Waals surface area contributed by atoms with Crippen molar-refractivity contribution in [3.63, 3.8) is 0 Å². The second-order valence-electron chi connectivity index (χ2n) is 5.97. The maximum atomic E-state index is 12.7. The minimum absolute atomic E-state index is 0.202. The molecule has 0 unspecified atom stereocenters. The third kappa shape index (κ3) is 3.68. The number of rotatable bonds is 6. The number of furan rings is 1. The third-order valence-corrected chi connectivity index (χ3v) is 4.96. The molecule has 3 aromatic heterocycles. The minimum Gasteiger partial charge on any atom is -0.463 e. The van der Waals surface area contributed by atoms with Crippen molar-refractivity contribution in [3.05, 3.63) is 77.1 Å². The zero-order valence-electron chi connectivity index (χ0n) is 14.8. The van der Waals surface area contributed by atoms with Crippen LogP contribution < -0.4 is 5.32 Å². The largest absolute Gasteiger partial charge is 0.463 e. The lowest BCUT2D eigenvalue weighted by Crippen LogP contribution is -2.15. The van der Waals surface area contributed by atoms with E-state index in [2.05, 4.69) is 15.4 Å². The number of carbonyl (C=O) groups excluding carboxylic acids is 1. The van der Waals surface area contributed by atoms with E-state index in [1.165, 1.54) is 11.3 Å². The summed E-state index contributed by atoms with van der Waals surface area (Å²) in [5, 5.41) is 9.67. The van der Waals surface area contributed by atoms with Crippen molar-refractivity contribution in [3.8, 4) is 11.5 Å². The molecule has 0 atom stereocenters. The summed E-state index contributed by atoms with van der Waals surface area (Å²) in [5.74, 6) is 0.475. The Hall–Kier alpha value is -3.19. The molecule has 0 aliphatic heterocycles. The molecule has 4 aromatic rings. The van der Waals surface area contributed by atoms with Crippen molar-refractivity contribution in [1.82, 2.24) is 14.8 Å². The maximum Gasteiger partial charge on any atom is 0.260 e. The van der Waals surface area contributed by atoms with E-state index >= 15 is 0 Å². The van der Waals surface area contributed by atoms with Crippen LogP contribution in [-0.2, 0) is 13.0 Å². The molecule has 0 saturated heterocycles. The van der Waals surface area contributed by atoms with E-state index in [9.17, 15) is 4.79 Å². The predicted molar refractivity (Wildman–Crippen MR) is 105 cm³/mol. The highest BCUT2D eigenvalue weighted by Crippen LogP contribution is 2.25. The number of aromatic nitrogens is 3. The number of hydrogen-bond acceptors (Lipinski definition) is 5. The first-order valence-electron chi connectivity index (χ1n) is 8.64. The molecule has 0 aliphatic rings. The summed E-state index contributed by atoms with van der Waals surface area (Å²) in [6.45, 7) is 2.66. The summed E-state index contributed by atoms with van der Waals surface area (Å²) in [7, 11) is 0. The summed E-state index contributed by atoms with van der Waals surface area (Å²) in [5.41, 5.74) is 3.32. The quantitative estimate of drug-likeness (QED) is 0.537. The van der Waals surface area contributed by atoms with Crippen LogP contribution in [0, 0.1) is 0 Å². The van der Waals surface area contributed by atoms with E-state index in [4.69, 9.17) is 4.42 Å². The zero-order valence-corrected chi connectivity index (χ0v) is 15.6. The lowest BCUT2D eigenvalue weighted by Gasteiger charge is -2.08. The van der Waals surface area contributed by atoms with Gasteiger partial charge in [0.2, 0.25) is 0 Å². The molecule has 1 amide bonds. The first kappa shape index (κ1) is 17.2. The van der Waals surface area contributed by atoms with Gasteiger partial charge in [-0.2, -0.15) is 5.10 Å². The molecular weight excluding hydrogens is 360 g/mol. The van der Waals surface area contributed by atoms with Crippen LogP contribution in [0.25, 0.3) is 11.5 Å². The molecule has 0 bridgehead atoms. The summed E-state index contributed by atoms with van der Waals surface area (Å²) in [6.07, 6.45) is 3.94. The Morgan fingerprint density at radius 1 is 1.22 bits per heavy atom. The number of anilines is 1. The number of thiazole rings is 1. The molecule has 6 nitrogen and oxygen atoms in total. The average molecular weight is 378 g/mol. The van der Waals surface area contributed by atoms with Crippen LogP contribution in [0.2, 0.25) is 0 Å². The van der Waals surface area contributed by atoms with E-state index < -0.39 is 0 Å². The minimum atomic E-state index is -0.202. The lowest BCUT2D eigenvalue weighted by atomic mass is 10.2. The van der Waals surface area contributed by atoms with E-state index in [0.717, 1.165) is 11.3 Å². The molecule has 7 heteroatoms. The highest BCUT2D eigenvalue weighted by atomic mass is 32.1. The standard InChI is InChI=1S/C20H18N4O2S/c1-2-17-15(11-21-24(17)12-14-7-4-3-5-8-14)19(25)23-20-22-16(13-27-20)18-9-6-10-26-18/h3-11,13H,2,12H2,1H3,(H,22,23,25). The molecular formula is C20H18N4O2S. The monoisotopic (exact) mass is 378 g/mol. The molecule has 0 fully saturated rings. The Kier molecular flexibility index (Phi) is 4.84. The van der Waals surface area contributed by atoms with Crippen molar-refractivity contribution < 1.29 is 9.21 Å². The lowest BCUT2D eigenvalue weighted by molar-refractivity contribution is 0.102. The van der Waals surface area contributed by atoms with Gasteiger partial charge in [0.15, 0.2) is 10.9 Å². The molecule has 0 radical (unpaired) electrons. The van der Waals surface area contributed by atoms with E-state index in [-0.39, 0.29) is 5.91 Å². The maximum absolute atomic E-state index is 12.7. The highest BCUT2D eigenvalue weighted by Gasteiger charge is 2.18. The molecule has 0 aliphatic carbocycles. The van der Waals surface area contributed by atoms with Gasteiger partial charge >= 0.3 is 0 Å². The van der Waals surface area contributed by atoms with Crippen molar-refractivity contribution in [1.29, 1.82) is 0 Å². The molecule has 136 valence electrons. The van der Waals surface area contributed by atoms with E-state index in [0.29, 0.717) is 35.1 Å². The van der Waals surface area contributed by atoms with Crippen molar-refractivity contribution in [2.45, 2.75) is 19.9 Å². The number of benzene rings is 1. The van der Waals surface area contributed by atoms with Crippen LogP contribution in [0.3, 0.4) is 0 Å². The van der Waals surface area contributed by atoms with Gasteiger partial charge in [0, 0.05) is 5.38 Å². The van der Waals surface area contributed by atoms with Gasteiger partial charge < -0.3 is 4.42 Å². The van der Waals surface area contributed by atoms with Crippen molar-refractivity contribution >= 4 is 22.4 Å². The predicted octanol–water partition coefficient (Wildman–Crippen LogP) is 4.46. The zero-order chi connectivity index (χ0) is 18.6. The van der Waals surface area contributed by atoms with Crippen LogP contribution in [0.1, 0.15) is 28.5 Å². The van der Waals surface area contributed by atoms with Crippen LogP contribution in [0.15, 0.2) is 64.7 Å². The fourth-order valence-corrected chi connectivity index (χ4v) is 3.59. The Balaban J connectivity index is 1.52. The van der Waals surface area contributed by atoms with Gasteiger partial charge in [0.25, 0.3) is 5.91 Å². The second kappa shape index (κ2) is 7.59. The summed E-state index contributed by atoms with van der Waals surface area (Å²) in [4.78, 5) is 17.1. The number of nitrogens with zero attached hydrogens (tertiary/aromatic N) is 3. The highest BCUT2D eigenvalue weighted by molar-refractivity contribution is 7.14. The van der Waals surface area contributed by atoms with Crippen molar-refractivity contribution in [2.75, 3.05) is 5.32 Å². The van der Waals surface area contributed by atoms with Crippen LogP contribution in [0.5, 0.6) is 0 Å². The fraction of sp³-hybridized carbons (Fsp3) is 0.150. The Bertz CT molecular complexity index is 1040. The summed E-state index contributed by atoms with van der Waals surface area (Å²) < 4.78 is 7.21. The van der Waals surface area contributed by atoms with Gasteiger partial charge in [-0.1, -0.05) is 37.3 Å². The molecule has 1 N–H and O–H groups in total. The summed E-state index contributed by atoms with van der Waals surface area (Å²) in [6, 6.07) is 13.7. The van der Waals surface area contributed by atoms with Gasteiger partial charge in [-0.25, -0.2) is 4.98 Å². The van der Waals surface area contributed by atoms with Gasteiger partial charge in [0.05, 0.1) is 30.3 Å². The summed E-state index contributed by atoms with van der Waals surface area (Å²) >= 11 is 1.36. The smallest absolute Gasteiger partial charge is 0.260 e.